The van der Waals surface area contributed by atoms with Gasteiger partial charge in [0.2, 0.25) is 12.7 Å². The van der Waals surface area contributed by atoms with E-state index in [0.29, 0.717) is 53.4 Å². The number of fused-ring (bicyclic) bond motifs is 3. The number of benzene rings is 2. The third-order valence-corrected chi connectivity index (χ3v) is 6.69. The van der Waals surface area contributed by atoms with Crippen LogP contribution in [0.5, 0.6) is 17.2 Å². The summed E-state index contributed by atoms with van der Waals surface area (Å²) >= 11 is 0. The summed E-state index contributed by atoms with van der Waals surface area (Å²) in [6.07, 6.45) is 1.12. The van der Waals surface area contributed by atoms with Crippen LogP contribution in [-0.2, 0) is 9.53 Å². The molecule has 0 aliphatic carbocycles. The number of carbonyl (C=O) groups excluding carboxylic acids is 3. The zero-order chi connectivity index (χ0) is 25.2. The van der Waals surface area contributed by atoms with E-state index in [4.69, 9.17) is 18.9 Å². The summed E-state index contributed by atoms with van der Waals surface area (Å²) in [7, 11) is 1.75. The molecule has 3 aliphatic heterocycles. The van der Waals surface area contributed by atoms with Crippen LogP contribution in [0.2, 0.25) is 0 Å². The van der Waals surface area contributed by atoms with Gasteiger partial charge in [-0.1, -0.05) is 0 Å². The molecule has 3 aliphatic rings. The van der Waals surface area contributed by atoms with Gasteiger partial charge in [-0.15, -0.1) is 0 Å². The maximum absolute atomic E-state index is 13.4. The number of nitrogens with one attached hydrogen (secondary N) is 2. The molecule has 3 amide bonds. The highest BCUT2D eigenvalue weighted by Crippen LogP contribution is 2.34. The minimum absolute atomic E-state index is 0.0437. The van der Waals surface area contributed by atoms with Crippen molar-refractivity contribution in [3.63, 3.8) is 0 Å². The Bertz CT molecular complexity index is 1180. The first-order chi connectivity index (χ1) is 17.4. The van der Waals surface area contributed by atoms with Crippen LogP contribution < -0.4 is 24.8 Å². The Kier molecular flexibility index (Phi) is 6.69. The predicted octanol–water partition coefficient (Wildman–Crippen LogP) is 2.57. The average Bonchev–Trinajstić information content (AvgIpc) is 3.35. The van der Waals surface area contributed by atoms with Gasteiger partial charge in [0, 0.05) is 24.8 Å². The van der Waals surface area contributed by atoms with E-state index in [9.17, 15) is 14.4 Å². The van der Waals surface area contributed by atoms with Gasteiger partial charge in [0.05, 0.1) is 24.1 Å². The number of amides is 3. The fourth-order valence-electron chi connectivity index (χ4n) is 4.82. The largest absolute Gasteiger partial charge is 0.490 e. The van der Waals surface area contributed by atoms with Crippen LogP contribution in [0.4, 0.5) is 5.69 Å². The van der Waals surface area contributed by atoms with Crippen molar-refractivity contribution < 1.29 is 33.3 Å². The Morgan fingerprint density at radius 1 is 1.03 bits per heavy atom. The number of ether oxygens (including phenoxy) is 4. The molecule has 0 aromatic heterocycles. The second-order valence-electron chi connectivity index (χ2n) is 9.06. The lowest BCUT2D eigenvalue weighted by Crippen LogP contribution is -2.54. The van der Waals surface area contributed by atoms with Crippen molar-refractivity contribution in [3.05, 3.63) is 47.5 Å². The number of rotatable bonds is 5. The molecule has 190 valence electrons. The van der Waals surface area contributed by atoms with E-state index in [0.717, 1.165) is 0 Å². The molecule has 0 unspecified atom stereocenters. The standard InChI is InChI=1S/C26H29N3O7/c1-3-27-24(30)12-17-6-7-19-23(36-17)13-33-20-9-5-16(11-18(20)26(32)29(19)2)28-25(31)15-4-8-21-22(10-15)35-14-34-21/h4-5,8-11,17,19,23H,3,6-7,12-14H2,1-2H3,(H,27,30)(H,28,31)/t17-,19+,23-/m1/s1. The molecule has 0 spiro atoms. The lowest BCUT2D eigenvalue weighted by atomic mass is 9.94. The van der Waals surface area contributed by atoms with Gasteiger partial charge in [-0.2, -0.15) is 0 Å². The number of anilines is 1. The van der Waals surface area contributed by atoms with E-state index in [1.54, 1.807) is 48.3 Å². The molecule has 2 aromatic rings. The third kappa shape index (κ3) is 4.81. The minimum Gasteiger partial charge on any atom is -0.490 e. The summed E-state index contributed by atoms with van der Waals surface area (Å²) in [6.45, 7) is 2.84. The molecule has 36 heavy (non-hydrogen) atoms. The molecule has 0 saturated carbocycles. The lowest BCUT2D eigenvalue weighted by Gasteiger charge is -2.42. The highest BCUT2D eigenvalue weighted by Gasteiger charge is 2.39. The van der Waals surface area contributed by atoms with Gasteiger partial charge in [0.1, 0.15) is 18.5 Å². The van der Waals surface area contributed by atoms with Crippen LogP contribution in [0.1, 0.15) is 46.9 Å². The summed E-state index contributed by atoms with van der Waals surface area (Å²) in [6, 6.07) is 9.77. The van der Waals surface area contributed by atoms with E-state index >= 15 is 0 Å². The normalized spacial score (nSPS) is 22.4. The van der Waals surface area contributed by atoms with Gasteiger partial charge in [-0.3, -0.25) is 14.4 Å². The fraction of sp³-hybridized carbons (Fsp3) is 0.423. The SMILES string of the molecule is CCNC(=O)C[C@H]1CC[C@H]2[C@@H](COc3ccc(NC(=O)c4ccc5c(c4)OCO5)cc3C(=O)N2C)O1. The zero-order valence-electron chi connectivity index (χ0n) is 20.2. The number of likely N-dealkylation sites (N-methyl/N-ethyl adjacent to an activating group) is 1. The van der Waals surface area contributed by atoms with Crippen molar-refractivity contribution in [3.8, 4) is 17.2 Å². The van der Waals surface area contributed by atoms with Gasteiger partial charge in [-0.25, -0.2) is 0 Å². The van der Waals surface area contributed by atoms with Crippen molar-refractivity contribution >= 4 is 23.4 Å². The topological polar surface area (TPSA) is 115 Å². The fourth-order valence-corrected chi connectivity index (χ4v) is 4.82. The van der Waals surface area contributed by atoms with Crippen LogP contribution in [0.25, 0.3) is 0 Å². The monoisotopic (exact) mass is 495 g/mol. The first-order valence-corrected chi connectivity index (χ1v) is 12.1. The Hall–Kier alpha value is -3.79. The summed E-state index contributed by atoms with van der Waals surface area (Å²) in [5.74, 6) is 0.936. The quantitative estimate of drug-likeness (QED) is 0.655. The minimum atomic E-state index is -0.342. The van der Waals surface area contributed by atoms with Crippen molar-refractivity contribution in [2.75, 3.05) is 32.3 Å². The second-order valence-corrected chi connectivity index (χ2v) is 9.06. The number of nitrogens with zero attached hydrogens (tertiary/aromatic N) is 1. The smallest absolute Gasteiger partial charge is 0.257 e. The van der Waals surface area contributed by atoms with Crippen molar-refractivity contribution in [1.82, 2.24) is 10.2 Å². The van der Waals surface area contributed by atoms with Crippen molar-refractivity contribution in [1.29, 1.82) is 0 Å². The Morgan fingerprint density at radius 3 is 2.67 bits per heavy atom. The highest BCUT2D eigenvalue weighted by molar-refractivity contribution is 6.06. The molecule has 5 rings (SSSR count). The Morgan fingerprint density at radius 2 is 1.83 bits per heavy atom. The van der Waals surface area contributed by atoms with E-state index in [1.165, 1.54) is 0 Å². The first kappa shape index (κ1) is 23.9. The van der Waals surface area contributed by atoms with Crippen LogP contribution in [-0.4, -0.2) is 67.9 Å². The van der Waals surface area contributed by atoms with Gasteiger partial charge < -0.3 is 34.5 Å². The molecule has 2 aromatic carbocycles. The van der Waals surface area contributed by atoms with Crippen LogP contribution in [0.15, 0.2) is 36.4 Å². The summed E-state index contributed by atoms with van der Waals surface area (Å²) in [5, 5.41) is 5.64. The van der Waals surface area contributed by atoms with Gasteiger partial charge in [0.15, 0.2) is 11.5 Å². The zero-order valence-corrected chi connectivity index (χ0v) is 20.2. The van der Waals surface area contributed by atoms with Gasteiger partial charge in [-0.05, 0) is 56.2 Å². The molecule has 1 fully saturated rings. The Balaban J connectivity index is 1.30. The molecular weight excluding hydrogens is 466 g/mol. The van der Waals surface area contributed by atoms with E-state index in [-0.39, 0.29) is 55.8 Å². The summed E-state index contributed by atoms with van der Waals surface area (Å²) < 4.78 is 22.8. The summed E-state index contributed by atoms with van der Waals surface area (Å²) in [4.78, 5) is 39.9. The maximum Gasteiger partial charge on any atom is 0.257 e. The Labute approximate surface area is 208 Å². The van der Waals surface area contributed by atoms with E-state index < -0.39 is 0 Å². The average molecular weight is 496 g/mol. The first-order valence-electron chi connectivity index (χ1n) is 12.1. The van der Waals surface area contributed by atoms with Gasteiger partial charge >= 0.3 is 0 Å². The summed E-state index contributed by atoms with van der Waals surface area (Å²) in [5.41, 5.74) is 1.25. The predicted molar refractivity (Wildman–Crippen MR) is 130 cm³/mol. The molecule has 0 radical (unpaired) electrons. The van der Waals surface area contributed by atoms with Crippen molar-refractivity contribution in [2.45, 2.75) is 44.4 Å². The molecule has 3 heterocycles. The molecule has 3 atom stereocenters. The van der Waals surface area contributed by atoms with Crippen molar-refractivity contribution in [2.24, 2.45) is 0 Å². The molecule has 10 heteroatoms. The van der Waals surface area contributed by atoms with E-state index in [2.05, 4.69) is 10.6 Å². The second kappa shape index (κ2) is 10.1. The molecule has 2 N–H and O–H groups in total. The number of hydrogen-bond donors (Lipinski definition) is 2. The number of hydrogen-bond acceptors (Lipinski definition) is 7. The molecular formula is C26H29N3O7. The van der Waals surface area contributed by atoms with Crippen LogP contribution >= 0.6 is 0 Å². The molecule has 0 bridgehead atoms. The maximum atomic E-state index is 13.4. The third-order valence-electron chi connectivity index (χ3n) is 6.69. The lowest BCUT2D eigenvalue weighted by molar-refractivity contribution is -0.133. The van der Waals surface area contributed by atoms with E-state index in [1.807, 2.05) is 6.92 Å². The molecule has 1 saturated heterocycles. The van der Waals surface area contributed by atoms with Crippen LogP contribution in [0, 0.1) is 0 Å². The van der Waals surface area contributed by atoms with Gasteiger partial charge in [0.25, 0.3) is 11.8 Å². The molecule has 10 nitrogen and oxygen atoms in total. The highest BCUT2D eigenvalue weighted by atomic mass is 16.7. The number of carbonyl (C=O) groups is 3. The van der Waals surface area contributed by atoms with Crippen LogP contribution in [0.3, 0.4) is 0 Å².